The Bertz CT molecular complexity index is 546. The topological polar surface area (TPSA) is 37.3 Å². The van der Waals surface area contributed by atoms with Gasteiger partial charge in [-0.3, -0.25) is 4.79 Å². The molecule has 0 aromatic rings. The zero-order valence-electron chi connectivity index (χ0n) is 15.0. The minimum Gasteiger partial charge on any atom is -0.390 e. The maximum atomic E-state index is 11.8. The molecule has 23 heavy (non-hydrogen) atoms. The van der Waals surface area contributed by atoms with Gasteiger partial charge in [-0.15, -0.1) is 0 Å². The lowest BCUT2D eigenvalue weighted by Gasteiger charge is -2.58. The fraction of sp³-hybridized carbons (Fsp3) is 0.857. The molecule has 0 amide bonds. The van der Waals surface area contributed by atoms with Crippen LogP contribution < -0.4 is 0 Å². The Morgan fingerprint density at radius 1 is 1.22 bits per heavy atom. The van der Waals surface area contributed by atoms with Gasteiger partial charge < -0.3 is 5.11 Å². The van der Waals surface area contributed by atoms with E-state index < -0.39 is 5.60 Å². The molecule has 2 heteroatoms. The van der Waals surface area contributed by atoms with Crippen LogP contribution in [0.4, 0.5) is 0 Å². The molecule has 4 rings (SSSR count). The van der Waals surface area contributed by atoms with Crippen molar-refractivity contribution in [3.63, 3.8) is 0 Å². The van der Waals surface area contributed by atoms with Crippen molar-refractivity contribution in [2.45, 2.75) is 77.7 Å². The minimum absolute atomic E-state index is 0.0978. The van der Waals surface area contributed by atoms with Crippen LogP contribution in [0.2, 0.25) is 0 Å². The van der Waals surface area contributed by atoms with Crippen molar-refractivity contribution < 1.29 is 9.90 Å². The van der Waals surface area contributed by atoms with Crippen molar-refractivity contribution in [3.05, 3.63) is 11.6 Å². The molecule has 0 saturated heterocycles. The Hall–Kier alpha value is -0.630. The van der Waals surface area contributed by atoms with Gasteiger partial charge in [0.15, 0.2) is 5.78 Å². The molecule has 3 fully saturated rings. The largest absolute Gasteiger partial charge is 0.390 e. The van der Waals surface area contributed by atoms with E-state index in [1.807, 2.05) is 6.08 Å². The van der Waals surface area contributed by atoms with Gasteiger partial charge in [0.2, 0.25) is 0 Å². The van der Waals surface area contributed by atoms with Crippen LogP contribution in [0.5, 0.6) is 0 Å². The van der Waals surface area contributed by atoms with Crippen LogP contribution in [0.15, 0.2) is 11.6 Å². The molecule has 4 aliphatic carbocycles. The van der Waals surface area contributed by atoms with E-state index >= 15 is 0 Å². The van der Waals surface area contributed by atoms with Crippen LogP contribution >= 0.6 is 0 Å². The number of aliphatic hydroxyl groups is 1. The molecular weight excluding hydrogens is 284 g/mol. The number of allylic oxidation sites excluding steroid dienone is 1. The Morgan fingerprint density at radius 3 is 2.74 bits per heavy atom. The van der Waals surface area contributed by atoms with Crippen LogP contribution in [0.3, 0.4) is 0 Å². The molecular formula is C21H32O2. The molecule has 0 radical (unpaired) electrons. The van der Waals surface area contributed by atoms with Gasteiger partial charge in [0.1, 0.15) is 0 Å². The first-order chi connectivity index (χ1) is 10.9. The average Bonchev–Trinajstić information content (AvgIpc) is 2.76. The SMILES string of the molecule is CC[C@H]1C[C@@]2(C)C(CC[C@]2(C)O)C2CCC3=CC(=O)CCC3C21. The van der Waals surface area contributed by atoms with E-state index in [9.17, 15) is 9.90 Å². The maximum Gasteiger partial charge on any atom is 0.155 e. The molecule has 2 nitrogen and oxygen atoms in total. The molecule has 4 unspecified atom stereocenters. The van der Waals surface area contributed by atoms with Crippen LogP contribution in [0.25, 0.3) is 0 Å². The Labute approximate surface area is 140 Å². The number of hydrogen-bond donors (Lipinski definition) is 1. The first-order valence-electron chi connectivity index (χ1n) is 9.83. The predicted octanol–water partition coefficient (Wildman–Crippen LogP) is 4.52. The minimum atomic E-state index is -0.491. The second kappa shape index (κ2) is 5.18. The number of carbonyl (C=O) groups is 1. The van der Waals surface area contributed by atoms with Gasteiger partial charge in [-0.25, -0.2) is 0 Å². The normalized spacial score (nSPS) is 52.4. The molecule has 0 aromatic heterocycles. The van der Waals surface area contributed by atoms with Crippen LogP contribution in [0, 0.1) is 35.0 Å². The lowest BCUT2D eigenvalue weighted by molar-refractivity contribution is -0.131. The molecule has 0 aromatic carbocycles. The number of fused-ring (bicyclic) bond motifs is 5. The van der Waals surface area contributed by atoms with Crippen LogP contribution in [-0.4, -0.2) is 16.5 Å². The van der Waals surface area contributed by atoms with E-state index in [1.165, 1.54) is 31.3 Å². The molecule has 4 aliphatic rings. The number of ketones is 1. The number of hydrogen-bond acceptors (Lipinski definition) is 2. The maximum absolute atomic E-state index is 11.8. The lowest BCUT2D eigenvalue weighted by atomic mass is 9.47. The van der Waals surface area contributed by atoms with Crippen molar-refractivity contribution in [3.8, 4) is 0 Å². The highest BCUT2D eigenvalue weighted by atomic mass is 16.3. The van der Waals surface area contributed by atoms with Gasteiger partial charge in [0, 0.05) is 6.42 Å². The summed E-state index contributed by atoms with van der Waals surface area (Å²) >= 11 is 0. The van der Waals surface area contributed by atoms with Gasteiger partial charge in [-0.1, -0.05) is 25.8 Å². The summed E-state index contributed by atoms with van der Waals surface area (Å²) in [6, 6.07) is 0. The summed E-state index contributed by atoms with van der Waals surface area (Å²) in [5, 5.41) is 11.1. The molecule has 0 bridgehead atoms. The summed E-state index contributed by atoms with van der Waals surface area (Å²) in [6.07, 6.45) is 10.8. The van der Waals surface area contributed by atoms with Crippen LogP contribution in [0.1, 0.15) is 72.1 Å². The monoisotopic (exact) mass is 316 g/mol. The number of carbonyl (C=O) groups excluding carboxylic acids is 1. The van der Waals surface area contributed by atoms with E-state index in [2.05, 4.69) is 20.8 Å². The Kier molecular flexibility index (Phi) is 3.58. The van der Waals surface area contributed by atoms with E-state index in [-0.39, 0.29) is 5.41 Å². The van der Waals surface area contributed by atoms with Gasteiger partial charge >= 0.3 is 0 Å². The quantitative estimate of drug-likeness (QED) is 0.772. The molecule has 3 saturated carbocycles. The fourth-order valence-electron chi connectivity index (χ4n) is 7.13. The zero-order chi connectivity index (χ0) is 16.4. The summed E-state index contributed by atoms with van der Waals surface area (Å²) < 4.78 is 0. The van der Waals surface area contributed by atoms with Crippen molar-refractivity contribution in [2.24, 2.45) is 35.0 Å². The van der Waals surface area contributed by atoms with E-state index in [0.29, 0.717) is 23.5 Å². The summed E-state index contributed by atoms with van der Waals surface area (Å²) in [6.45, 7) is 6.80. The van der Waals surface area contributed by atoms with Gasteiger partial charge in [-0.2, -0.15) is 0 Å². The molecule has 7 atom stereocenters. The standard InChI is InChI=1S/C21H32O2/c1-4-13-12-20(2)18(9-10-21(20,3)23)17-7-5-14-11-15(22)6-8-16(14)19(13)17/h11,13,16-19,23H,4-10,12H2,1-3H3/t13-,16?,17?,18?,19?,20-,21-/m0/s1. The van der Waals surface area contributed by atoms with Gasteiger partial charge in [-0.05, 0) is 86.5 Å². The van der Waals surface area contributed by atoms with Crippen molar-refractivity contribution >= 4 is 5.78 Å². The number of rotatable bonds is 1. The van der Waals surface area contributed by atoms with E-state index in [0.717, 1.165) is 37.5 Å². The molecule has 128 valence electrons. The highest BCUT2D eigenvalue weighted by Crippen LogP contribution is 2.66. The third-order valence-electron chi connectivity index (χ3n) is 8.51. The van der Waals surface area contributed by atoms with E-state index in [1.54, 1.807) is 0 Å². The highest BCUT2D eigenvalue weighted by Gasteiger charge is 2.62. The van der Waals surface area contributed by atoms with Crippen LogP contribution in [-0.2, 0) is 4.79 Å². The van der Waals surface area contributed by atoms with Crippen molar-refractivity contribution in [1.82, 2.24) is 0 Å². The lowest BCUT2D eigenvalue weighted by Crippen LogP contribution is -2.54. The Morgan fingerprint density at radius 2 is 2.00 bits per heavy atom. The highest BCUT2D eigenvalue weighted by molar-refractivity contribution is 5.91. The first-order valence-corrected chi connectivity index (χ1v) is 9.83. The predicted molar refractivity (Wildman–Crippen MR) is 91.9 cm³/mol. The van der Waals surface area contributed by atoms with Crippen molar-refractivity contribution in [2.75, 3.05) is 0 Å². The third-order valence-corrected chi connectivity index (χ3v) is 8.51. The summed E-state index contributed by atoms with van der Waals surface area (Å²) in [7, 11) is 0. The van der Waals surface area contributed by atoms with Gasteiger partial charge in [0.05, 0.1) is 5.60 Å². The zero-order valence-corrected chi connectivity index (χ0v) is 15.0. The Balaban J connectivity index is 1.72. The second-order valence-electron chi connectivity index (χ2n) is 9.32. The first kappa shape index (κ1) is 15.9. The molecule has 1 N–H and O–H groups in total. The average molecular weight is 316 g/mol. The summed E-state index contributed by atoms with van der Waals surface area (Å²) in [5.41, 5.74) is 1.07. The van der Waals surface area contributed by atoms with Gasteiger partial charge in [0.25, 0.3) is 0 Å². The van der Waals surface area contributed by atoms with Crippen molar-refractivity contribution in [1.29, 1.82) is 0 Å². The third kappa shape index (κ3) is 2.13. The summed E-state index contributed by atoms with van der Waals surface area (Å²) in [4.78, 5) is 11.8. The molecule has 0 heterocycles. The second-order valence-corrected chi connectivity index (χ2v) is 9.32. The smallest absolute Gasteiger partial charge is 0.155 e. The summed E-state index contributed by atoms with van der Waals surface area (Å²) in [5.74, 6) is 3.94. The molecule has 0 aliphatic heterocycles. The van der Waals surface area contributed by atoms with E-state index in [4.69, 9.17) is 0 Å². The fourth-order valence-corrected chi connectivity index (χ4v) is 7.13. The molecule has 0 spiro atoms.